The van der Waals surface area contributed by atoms with Crippen molar-refractivity contribution in [1.29, 1.82) is 5.26 Å². The van der Waals surface area contributed by atoms with Gasteiger partial charge in [0, 0.05) is 25.7 Å². The summed E-state index contributed by atoms with van der Waals surface area (Å²) in [7, 11) is 0. The van der Waals surface area contributed by atoms with Gasteiger partial charge in [-0.1, -0.05) is 0 Å². The lowest BCUT2D eigenvalue weighted by molar-refractivity contribution is 0.0963. The number of halogens is 1. The number of anilines is 1. The topological polar surface area (TPSA) is 158 Å². The van der Waals surface area contributed by atoms with E-state index in [1.165, 1.54) is 0 Å². The highest BCUT2D eigenvalue weighted by molar-refractivity contribution is 14.0. The molecule has 1 fully saturated rings. The molecule has 10 nitrogen and oxygen atoms in total. The lowest BCUT2D eigenvalue weighted by Gasteiger charge is -2.31. The molecule has 0 aromatic carbocycles. The number of guanidine groups is 1. The maximum Gasteiger partial charge on any atom is 0.409 e. The molecule has 27 heavy (non-hydrogen) atoms. The van der Waals surface area contributed by atoms with Crippen molar-refractivity contribution in [1.82, 2.24) is 20.4 Å². The van der Waals surface area contributed by atoms with Crippen LogP contribution >= 0.6 is 24.0 Å². The highest BCUT2D eigenvalue weighted by Gasteiger charge is 2.23. The minimum Gasteiger partial charge on any atom is -0.450 e. The van der Waals surface area contributed by atoms with Crippen molar-refractivity contribution in [2.45, 2.75) is 38.6 Å². The predicted octanol–water partition coefficient (Wildman–Crippen LogP) is 0.939. The number of nitrogens with one attached hydrogen (secondary N) is 2. The summed E-state index contributed by atoms with van der Waals surface area (Å²) in [5.74, 6) is 0.616. The van der Waals surface area contributed by atoms with Crippen LogP contribution in [0.4, 0.5) is 10.6 Å². The smallest absolute Gasteiger partial charge is 0.409 e. The number of carbonyl (C=O) groups is 1. The number of nitrogens with two attached hydrogens (primary N) is 2. The molecule has 150 valence electrons. The number of aryl methyl sites for hydroxylation is 1. The monoisotopic (exact) mass is 490 g/mol. The number of ether oxygens (including phenoxy) is 1. The SMILES string of the molecule is CCOC(=O)N1CCC(NC(N)=NCCCc2[nH]nc(N)c2C#N)CC1.I. The molecular formula is C16H27IN8O2. The molecule has 1 amide bonds. The Morgan fingerprint density at radius 2 is 2.22 bits per heavy atom. The zero-order valence-corrected chi connectivity index (χ0v) is 17.7. The van der Waals surface area contributed by atoms with Gasteiger partial charge in [0.15, 0.2) is 11.8 Å². The number of amides is 1. The second-order valence-corrected chi connectivity index (χ2v) is 6.05. The Morgan fingerprint density at radius 3 is 2.85 bits per heavy atom. The molecule has 1 aliphatic heterocycles. The van der Waals surface area contributed by atoms with Gasteiger partial charge in [-0.3, -0.25) is 10.1 Å². The first-order chi connectivity index (χ1) is 12.5. The number of hydrogen-bond acceptors (Lipinski definition) is 6. The third-order valence-corrected chi connectivity index (χ3v) is 4.22. The molecule has 0 radical (unpaired) electrons. The van der Waals surface area contributed by atoms with Crippen molar-refractivity contribution < 1.29 is 9.53 Å². The number of nitrogens with zero attached hydrogens (tertiary/aromatic N) is 4. The minimum atomic E-state index is -0.260. The van der Waals surface area contributed by atoms with Crippen LogP contribution in [0.1, 0.15) is 37.4 Å². The summed E-state index contributed by atoms with van der Waals surface area (Å²) in [6.07, 6.45) is 2.69. The average molecular weight is 490 g/mol. The lowest BCUT2D eigenvalue weighted by atomic mass is 10.1. The van der Waals surface area contributed by atoms with Crippen LogP contribution in [0.15, 0.2) is 4.99 Å². The normalized spacial score (nSPS) is 15.0. The molecule has 0 aliphatic carbocycles. The Balaban J connectivity index is 0.00000364. The third-order valence-electron chi connectivity index (χ3n) is 4.22. The van der Waals surface area contributed by atoms with Crippen LogP contribution in [0.25, 0.3) is 0 Å². The Kier molecular flexibility index (Phi) is 9.70. The van der Waals surface area contributed by atoms with Crippen molar-refractivity contribution in [3.05, 3.63) is 11.3 Å². The van der Waals surface area contributed by atoms with Gasteiger partial charge in [-0.25, -0.2) is 4.79 Å². The molecule has 1 saturated heterocycles. The van der Waals surface area contributed by atoms with Crippen LogP contribution in [0.5, 0.6) is 0 Å². The van der Waals surface area contributed by atoms with E-state index in [9.17, 15) is 4.79 Å². The van der Waals surface area contributed by atoms with E-state index in [0.717, 1.165) is 25.0 Å². The van der Waals surface area contributed by atoms with E-state index in [0.29, 0.717) is 44.2 Å². The zero-order valence-electron chi connectivity index (χ0n) is 15.4. The number of nitriles is 1. The number of hydrogen-bond donors (Lipinski definition) is 4. The van der Waals surface area contributed by atoms with Crippen LogP contribution in [0.3, 0.4) is 0 Å². The fourth-order valence-electron chi connectivity index (χ4n) is 2.83. The number of aromatic amines is 1. The summed E-state index contributed by atoms with van der Waals surface area (Å²) in [6, 6.07) is 2.23. The van der Waals surface area contributed by atoms with Crippen LogP contribution in [-0.2, 0) is 11.2 Å². The first-order valence-electron chi connectivity index (χ1n) is 8.76. The highest BCUT2D eigenvalue weighted by atomic mass is 127. The summed E-state index contributed by atoms with van der Waals surface area (Å²) in [5.41, 5.74) is 12.6. The van der Waals surface area contributed by atoms with E-state index in [1.54, 1.807) is 11.8 Å². The van der Waals surface area contributed by atoms with E-state index in [-0.39, 0.29) is 41.9 Å². The molecule has 1 aromatic heterocycles. The van der Waals surface area contributed by atoms with E-state index < -0.39 is 0 Å². The number of aliphatic imine (C=N–C) groups is 1. The summed E-state index contributed by atoms with van der Waals surface area (Å²) in [5, 5.41) is 18.8. The molecule has 1 aliphatic rings. The molecule has 0 unspecified atom stereocenters. The van der Waals surface area contributed by atoms with Crippen molar-refractivity contribution in [3.8, 4) is 6.07 Å². The molecule has 2 rings (SSSR count). The Hall–Kier alpha value is -2.23. The van der Waals surface area contributed by atoms with Gasteiger partial charge in [-0.2, -0.15) is 10.4 Å². The van der Waals surface area contributed by atoms with Crippen LogP contribution < -0.4 is 16.8 Å². The van der Waals surface area contributed by atoms with Gasteiger partial charge < -0.3 is 26.4 Å². The fraction of sp³-hybridized carbons (Fsp3) is 0.625. The van der Waals surface area contributed by atoms with Gasteiger partial charge in [0.05, 0.1) is 12.3 Å². The molecular weight excluding hydrogens is 463 g/mol. The number of nitrogen functional groups attached to an aromatic ring is 1. The van der Waals surface area contributed by atoms with E-state index in [4.69, 9.17) is 21.5 Å². The Morgan fingerprint density at radius 1 is 1.52 bits per heavy atom. The van der Waals surface area contributed by atoms with Crippen molar-refractivity contribution in [2.75, 3.05) is 32.0 Å². The zero-order chi connectivity index (χ0) is 18.9. The number of carbonyl (C=O) groups excluding carboxylic acids is 1. The van der Waals surface area contributed by atoms with Gasteiger partial charge in [-0.05, 0) is 32.6 Å². The first-order valence-corrected chi connectivity index (χ1v) is 8.76. The third kappa shape index (κ3) is 6.78. The van der Waals surface area contributed by atoms with Gasteiger partial charge >= 0.3 is 6.09 Å². The number of likely N-dealkylation sites (tertiary alicyclic amines) is 1. The van der Waals surface area contributed by atoms with Crippen molar-refractivity contribution in [2.24, 2.45) is 10.7 Å². The van der Waals surface area contributed by atoms with E-state index in [2.05, 4.69) is 20.5 Å². The minimum absolute atomic E-state index is 0. The maximum absolute atomic E-state index is 11.7. The van der Waals surface area contributed by atoms with Crippen molar-refractivity contribution >= 4 is 41.8 Å². The molecule has 0 bridgehead atoms. The average Bonchev–Trinajstić information content (AvgIpc) is 2.99. The van der Waals surface area contributed by atoms with Gasteiger partial charge in [0.2, 0.25) is 0 Å². The summed E-state index contributed by atoms with van der Waals surface area (Å²) in [6.45, 7) is 4.00. The largest absolute Gasteiger partial charge is 0.450 e. The van der Waals surface area contributed by atoms with Gasteiger partial charge in [0.25, 0.3) is 0 Å². The number of H-pyrrole nitrogens is 1. The highest BCUT2D eigenvalue weighted by Crippen LogP contribution is 2.13. The quantitative estimate of drug-likeness (QED) is 0.200. The van der Waals surface area contributed by atoms with Crippen LogP contribution in [0, 0.1) is 11.3 Å². The second-order valence-electron chi connectivity index (χ2n) is 6.05. The van der Waals surface area contributed by atoms with Crippen LogP contribution in [0.2, 0.25) is 0 Å². The molecule has 0 atom stereocenters. The van der Waals surface area contributed by atoms with Crippen molar-refractivity contribution in [3.63, 3.8) is 0 Å². The summed E-state index contributed by atoms with van der Waals surface area (Å²) >= 11 is 0. The van der Waals surface area contributed by atoms with Gasteiger partial charge in [-0.15, -0.1) is 24.0 Å². The molecule has 0 spiro atoms. The number of aromatic nitrogens is 2. The Bertz CT molecular complexity index is 676. The number of piperidine rings is 1. The van der Waals surface area contributed by atoms with E-state index in [1.807, 2.05) is 6.07 Å². The molecule has 1 aromatic rings. The number of rotatable bonds is 6. The lowest BCUT2D eigenvalue weighted by Crippen LogP contribution is -2.48. The summed E-state index contributed by atoms with van der Waals surface area (Å²) < 4.78 is 5.00. The maximum atomic E-state index is 11.7. The predicted molar refractivity (Wildman–Crippen MR) is 113 cm³/mol. The fourth-order valence-corrected chi connectivity index (χ4v) is 2.83. The molecule has 11 heteroatoms. The molecule has 0 saturated carbocycles. The standard InChI is InChI=1S/C16H26N8O2.HI/c1-2-26-16(25)24-8-5-11(6-9-24)21-15(19)20-7-3-4-13-12(10-17)14(18)23-22-13;/h11H,2-9H2,1H3,(H3,18,22,23)(H3,19,20,21);1H. The van der Waals surface area contributed by atoms with Crippen LogP contribution in [-0.4, -0.2) is 59.4 Å². The second kappa shape index (κ2) is 11.5. The molecule has 2 heterocycles. The Labute approximate surface area is 175 Å². The first kappa shape index (κ1) is 22.8. The van der Waals surface area contributed by atoms with E-state index >= 15 is 0 Å². The molecule has 6 N–H and O–H groups in total. The van der Waals surface area contributed by atoms with Gasteiger partial charge in [0.1, 0.15) is 11.6 Å². The summed E-state index contributed by atoms with van der Waals surface area (Å²) in [4.78, 5) is 17.7.